The standard InChI is InChI=1S/C18H22N6O2/c25-17(23-10-12-26-13-11-23)16-14-15(2-5-19-16)22-6-8-24(9-7-22)18-20-3-1-4-21-18/h1-5,14H,6-13H2. The monoisotopic (exact) mass is 354 g/mol. The largest absolute Gasteiger partial charge is 0.378 e. The quantitative estimate of drug-likeness (QED) is 0.802. The number of carbonyl (C=O) groups excluding carboxylic acids is 1. The fourth-order valence-corrected chi connectivity index (χ4v) is 3.28. The smallest absolute Gasteiger partial charge is 0.272 e. The second-order valence-corrected chi connectivity index (χ2v) is 6.33. The van der Waals surface area contributed by atoms with Gasteiger partial charge in [-0.25, -0.2) is 9.97 Å². The lowest BCUT2D eigenvalue weighted by Gasteiger charge is -2.36. The zero-order valence-corrected chi connectivity index (χ0v) is 14.6. The number of nitrogens with zero attached hydrogens (tertiary/aromatic N) is 6. The first-order chi connectivity index (χ1) is 12.8. The number of ether oxygens (including phenoxy) is 1. The van der Waals surface area contributed by atoms with Crippen LogP contribution in [0.1, 0.15) is 10.5 Å². The summed E-state index contributed by atoms with van der Waals surface area (Å²) in [4.78, 5) is 31.8. The zero-order valence-electron chi connectivity index (χ0n) is 14.6. The van der Waals surface area contributed by atoms with Gasteiger partial charge in [0.25, 0.3) is 5.91 Å². The average Bonchev–Trinajstić information content (AvgIpc) is 2.75. The molecule has 2 fully saturated rings. The first-order valence-electron chi connectivity index (χ1n) is 8.91. The van der Waals surface area contributed by atoms with E-state index in [1.54, 1.807) is 23.5 Å². The fourth-order valence-electron chi connectivity index (χ4n) is 3.28. The average molecular weight is 354 g/mol. The van der Waals surface area contributed by atoms with Gasteiger partial charge in [0.2, 0.25) is 5.95 Å². The summed E-state index contributed by atoms with van der Waals surface area (Å²) in [7, 11) is 0. The molecule has 0 aliphatic carbocycles. The van der Waals surface area contributed by atoms with E-state index >= 15 is 0 Å². The van der Waals surface area contributed by atoms with Gasteiger partial charge in [-0.2, -0.15) is 0 Å². The molecule has 0 radical (unpaired) electrons. The van der Waals surface area contributed by atoms with Crippen molar-refractivity contribution in [2.45, 2.75) is 0 Å². The Balaban J connectivity index is 1.42. The van der Waals surface area contributed by atoms with Gasteiger partial charge < -0.3 is 19.4 Å². The molecule has 0 atom stereocenters. The number of anilines is 2. The molecule has 2 saturated heterocycles. The van der Waals surface area contributed by atoms with Gasteiger partial charge in [0.1, 0.15) is 5.69 Å². The molecule has 0 aromatic carbocycles. The van der Waals surface area contributed by atoms with Gasteiger partial charge in [-0.3, -0.25) is 9.78 Å². The third-order valence-corrected chi connectivity index (χ3v) is 4.74. The van der Waals surface area contributed by atoms with Crippen LogP contribution >= 0.6 is 0 Å². The molecule has 0 spiro atoms. The molecule has 26 heavy (non-hydrogen) atoms. The van der Waals surface area contributed by atoms with E-state index in [9.17, 15) is 4.79 Å². The van der Waals surface area contributed by atoms with E-state index in [0.717, 1.165) is 37.8 Å². The molecule has 0 unspecified atom stereocenters. The number of hydrogen-bond acceptors (Lipinski definition) is 7. The molecular weight excluding hydrogens is 332 g/mol. The van der Waals surface area contributed by atoms with Gasteiger partial charge in [0, 0.05) is 63.5 Å². The topological polar surface area (TPSA) is 74.7 Å². The minimum Gasteiger partial charge on any atom is -0.378 e. The summed E-state index contributed by atoms with van der Waals surface area (Å²) in [6.07, 6.45) is 5.25. The summed E-state index contributed by atoms with van der Waals surface area (Å²) in [5, 5.41) is 0. The minimum absolute atomic E-state index is 0.0218. The van der Waals surface area contributed by atoms with E-state index in [2.05, 4.69) is 24.8 Å². The van der Waals surface area contributed by atoms with E-state index in [4.69, 9.17) is 4.74 Å². The van der Waals surface area contributed by atoms with Crippen molar-refractivity contribution < 1.29 is 9.53 Å². The maximum Gasteiger partial charge on any atom is 0.272 e. The molecule has 0 N–H and O–H groups in total. The van der Waals surface area contributed by atoms with Crippen molar-refractivity contribution >= 4 is 17.5 Å². The van der Waals surface area contributed by atoms with Crippen LogP contribution in [0.25, 0.3) is 0 Å². The van der Waals surface area contributed by atoms with Crippen LogP contribution in [0, 0.1) is 0 Å². The highest BCUT2D eigenvalue weighted by molar-refractivity contribution is 5.93. The minimum atomic E-state index is -0.0218. The number of piperazine rings is 1. The lowest BCUT2D eigenvalue weighted by Crippen LogP contribution is -2.47. The van der Waals surface area contributed by atoms with Gasteiger partial charge in [-0.05, 0) is 18.2 Å². The summed E-state index contributed by atoms with van der Waals surface area (Å²) < 4.78 is 5.31. The van der Waals surface area contributed by atoms with E-state index in [-0.39, 0.29) is 5.91 Å². The lowest BCUT2D eigenvalue weighted by atomic mass is 10.2. The molecular formula is C18H22N6O2. The molecule has 8 heteroatoms. The third-order valence-electron chi connectivity index (χ3n) is 4.74. The Labute approximate surface area is 152 Å². The molecule has 4 heterocycles. The van der Waals surface area contributed by atoms with Gasteiger partial charge in [0.05, 0.1) is 13.2 Å². The van der Waals surface area contributed by atoms with Crippen molar-refractivity contribution in [2.24, 2.45) is 0 Å². The lowest BCUT2D eigenvalue weighted by molar-refractivity contribution is 0.0299. The highest BCUT2D eigenvalue weighted by Gasteiger charge is 2.22. The Morgan fingerprint density at radius 1 is 0.885 bits per heavy atom. The van der Waals surface area contributed by atoms with Crippen LogP contribution in [0.3, 0.4) is 0 Å². The maximum absolute atomic E-state index is 12.6. The number of rotatable bonds is 3. The van der Waals surface area contributed by atoms with Crippen LogP contribution in [0.15, 0.2) is 36.8 Å². The van der Waals surface area contributed by atoms with E-state index in [0.29, 0.717) is 32.0 Å². The van der Waals surface area contributed by atoms with Crippen molar-refractivity contribution in [3.05, 3.63) is 42.5 Å². The summed E-state index contributed by atoms with van der Waals surface area (Å²) in [6, 6.07) is 5.68. The van der Waals surface area contributed by atoms with Crippen molar-refractivity contribution in [3.8, 4) is 0 Å². The van der Waals surface area contributed by atoms with E-state index < -0.39 is 0 Å². The number of aromatic nitrogens is 3. The van der Waals surface area contributed by atoms with E-state index in [1.807, 2.05) is 18.2 Å². The Bertz CT molecular complexity index is 742. The number of hydrogen-bond donors (Lipinski definition) is 0. The molecule has 2 aliphatic rings. The molecule has 8 nitrogen and oxygen atoms in total. The van der Waals surface area contributed by atoms with Gasteiger partial charge in [0.15, 0.2) is 0 Å². The van der Waals surface area contributed by atoms with E-state index in [1.165, 1.54) is 0 Å². The van der Waals surface area contributed by atoms with Crippen molar-refractivity contribution in [1.29, 1.82) is 0 Å². The number of pyridine rings is 1. The molecule has 136 valence electrons. The van der Waals surface area contributed by atoms with Crippen LogP contribution in [0.5, 0.6) is 0 Å². The molecule has 0 bridgehead atoms. The van der Waals surface area contributed by atoms with Crippen molar-refractivity contribution in [1.82, 2.24) is 19.9 Å². The fraction of sp³-hybridized carbons (Fsp3) is 0.444. The van der Waals surface area contributed by atoms with Gasteiger partial charge in [-0.1, -0.05) is 0 Å². The molecule has 0 saturated carbocycles. The molecule has 1 amide bonds. The van der Waals surface area contributed by atoms with Crippen LogP contribution in [-0.4, -0.2) is 78.2 Å². The number of morpholine rings is 1. The first kappa shape index (κ1) is 16.7. The van der Waals surface area contributed by atoms with Crippen LogP contribution in [0.4, 0.5) is 11.6 Å². The van der Waals surface area contributed by atoms with Crippen molar-refractivity contribution in [3.63, 3.8) is 0 Å². The van der Waals surface area contributed by atoms with Crippen LogP contribution < -0.4 is 9.80 Å². The van der Waals surface area contributed by atoms with Gasteiger partial charge >= 0.3 is 0 Å². The molecule has 2 aliphatic heterocycles. The normalized spacial score (nSPS) is 18.1. The van der Waals surface area contributed by atoms with Crippen LogP contribution in [0.2, 0.25) is 0 Å². The highest BCUT2D eigenvalue weighted by Crippen LogP contribution is 2.19. The molecule has 2 aromatic rings. The van der Waals surface area contributed by atoms with Crippen molar-refractivity contribution in [2.75, 3.05) is 62.3 Å². The first-order valence-corrected chi connectivity index (χ1v) is 8.91. The Hall–Kier alpha value is -2.74. The number of amides is 1. The van der Waals surface area contributed by atoms with Crippen LogP contribution in [-0.2, 0) is 4.74 Å². The summed E-state index contributed by atoms with van der Waals surface area (Å²) in [6.45, 7) is 5.84. The summed E-state index contributed by atoms with van der Waals surface area (Å²) >= 11 is 0. The molecule has 2 aromatic heterocycles. The molecule has 4 rings (SSSR count). The predicted octanol–water partition coefficient (Wildman–Crippen LogP) is 0.671. The SMILES string of the molecule is O=C(c1cc(N2CCN(c3ncccn3)CC2)ccn1)N1CCOCC1. The number of carbonyl (C=O) groups is 1. The Morgan fingerprint density at radius 3 is 2.31 bits per heavy atom. The second kappa shape index (κ2) is 7.65. The summed E-state index contributed by atoms with van der Waals surface area (Å²) in [5.74, 6) is 0.747. The predicted molar refractivity (Wildman–Crippen MR) is 97.4 cm³/mol. The Morgan fingerprint density at radius 2 is 1.58 bits per heavy atom. The second-order valence-electron chi connectivity index (χ2n) is 6.33. The Kier molecular flexibility index (Phi) is 4.92. The maximum atomic E-state index is 12.6. The third kappa shape index (κ3) is 3.60. The highest BCUT2D eigenvalue weighted by atomic mass is 16.5. The van der Waals surface area contributed by atoms with Gasteiger partial charge in [-0.15, -0.1) is 0 Å². The summed E-state index contributed by atoms with van der Waals surface area (Å²) in [5.41, 5.74) is 1.53. The zero-order chi connectivity index (χ0) is 17.8.